The highest BCUT2D eigenvalue weighted by Crippen LogP contribution is 2.34. The van der Waals surface area contributed by atoms with E-state index in [0.717, 1.165) is 32.3 Å². The predicted molar refractivity (Wildman–Crippen MR) is 84.2 cm³/mol. The third-order valence-corrected chi connectivity index (χ3v) is 4.23. The highest BCUT2D eigenvalue weighted by atomic mass is 32.1. The van der Waals surface area contributed by atoms with Crippen LogP contribution in [0.2, 0.25) is 0 Å². The van der Waals surface area contributed by atoms with E-state index in [-0.39, 0.29) is 11.7 Å². The zero-order valence-corrected chi connectivity index (χ0v) is 12.8. The van der Waals surface area contributed by atoms with Crippen molar-refractivity contribution >= 4 is 27.4 Å². The Bertz CT molecular complexity index is 797. The Morgan fingerprint density at radius 3 is 2.67 bits per heavy atom. The molecule has 1 aromatic carbocycles. The minimum atomic E-state index is -0.277. The van der Waals surface area contributed by atoms with E-state index in [1.165, 1.54) is 23.5 Å². The Hall–Kier alpha value is -2.08. The number of anilines is 1. The standard InChI is InChI=1S/C15H15FN4S/c1-8(2)13-7-11(14-19-20-15(17-3)21-14)10-6-9(16)4-5-12(10)18-13/h4-8H,1-3H3,(H,17,20). The molecule has 0 unspecified atom stereocenters. The SMILES string of the molecule is CNc1nnc(-c2cc(C(C)C)nc3ccc(F)cc23)s1. The van der Waals surface area contributed by atoms with Crippen LogP contribution in [-0.4, -0.2) is 22.2 Å². The highest BCUT2D eigenvalue weighted by Gasteiger charge is 2.14. The molecule has 1 N–H and O–H groups in total. The number of hydrogen-bond acceptors (Lipinski definition) is 5. The van der Waals surface area contributed by atoms with Gasteiger partial charge >= 0.3 is 0 Å². The van der Waals surface area contributed by atoms with Crippen LogP contribution >= 0.6 is 11.3 Å². The van der Waals surface area contributed by atoms with Crippen LogP contribution in [0.3, 0.4) is 0 Å². The first-order valence-corrected chi connectivity index (χ1v) is 7.52. The van der Waals surface area contributed by atoms with Crippen LogP contribution in [0.25, 0.3) is 21.5 Å². The average molecular weight is 302 g/mol. The number of halogens is 1. The molecule has 2 heterocycles. The van der Waals surface area contributed by atoms with Crippen molar-refractivity contribution in [3.63, 3.8) is 0 Å². The molecule has 0 fully saturated rings. The summed E-state index contributed by atoms with van der Waals surface area (Å²) in [6.07, 6.45) is 0. The molecule has 6 heteroatoms. The summed E-state index contributed by atoms with van der Waals surface area (Å²) < 4.78 is 13.6. The lowest BCUT2D eigenvalue weighted by molar-refractivity contribution is 0.629. The molecule has 0 aliphatic heterocycles. The maximum absolute atomic E-state index is 13.6. The minimum absolute atomic E-state index is 0.277. The Labute approximate surface area is 126 Å². The van der Waals surface area contributed by atoms with E-state index in [9.17, 15) is 4.39 Å². The van der Waals surface area contributed by atoms with E-state index in [2.05, 4.69) is 34.3 Å². The largest absolute Gasteiger partial charge is 0.363 e. The number of nitrogens with one attached hydrogen (secondary N) is 1. The molecule has 3 rings (SSSR count). The monoisotopic (exact) mass is 302 g/mol. The van der Waals surface area contributed by atoms with Crippen LogP contribution in [0.4, 0.5) is 9.52 Å². The first kappa shape index (κ1) is 13.9. The highest BCUT2D eigenvalue weighted by molar-refractivity contribution is 7.18. The van der Waals surface area contributed by atoms with Crippen molar-refractivity contribution in [3.05, 3.63) is 35.8 Å². The molecule has 0 saturated heterocycles. The summed E-state index contributed by atoms with van der Waals surface area (Å²) in [6, 6.07) is 6.62. The van der Waals surface area contributed by atoms with Crippen LogP contribution in [0.15, 0.2) is 24.3 Å². The van der Waals surface area contributed by atoms with E-state index in [1.54, 1.807) is 13.1 Å². The number of rotatable bonds is 3. The lowest BCUT2D eigenvalue weighted by Crippen LogP contribution is -1.95. The first-order chi connectivity index (χ1) is 10.1. The van der Waals surface area contributed by atoms with Crippen molar-refractivity contribution in [1.82, 2.24) is 15.2 Å². The molecule has 0 aliphatic carbocycles. The minimum Gasteiger partial charge on any atom is -0.363 e. The summed E-state index contributed by atoms with van der Waals surface area (Å²) in [7, 11) is 1.80. The zero-order chi connectivity index (χ0) is 15.0. The molecule has 4 nitrogen and oxygen atoms in total. The fraction of sp³-hybridized carbons (Fsp3) is 0.267. The van der Waals surface area contributed by atoms with Crippen LogP contribution < -0.4 is 5.32 Å². The van der Waals surface area contributed by atoms with E-state index < -0.39 is 0 Å². The van der Waals surface area contributed by atoms with Crippen LogP contribution in [0.5, 0.6) is 0 Å². The fourth-order valence-corrected chi connectivity index (χ4v) is 2.85. The summed E-state index contributed by atoms with van der Waals surface area (Å²) >= 11 is 1.44. The summed E-state index contributed by atoms with van der Waals surface area (Å²) in [6.45, 7) is 4.17. The van der Waals surface area contributed by atoms with Gasteiger partial charge in [0.2, 0.25) is 5.13 Å². The molecule has 3 aromatic rings. The lowest BCUT2D eigenvalue weighted by atomic mass is 10.0. The number of hydrogen-bond donors (Lipinski definition) is 1. The average Bonchev–Trinajstić information content (AvgIpc) is 2.94. The second-order valence-electron chi connectivity index (χ2n) is 5.07. The van der Waals surface area contributed by atoms with Gasteiger partial charge in [0.15, 0.2) is 0 Å². The maximum atomic E-state index is 13.6. The quantitative estimate of drug-likeness (QED) is 0.792. The summed E-state index contributed by atoms with van der Waals surface area (Å²) in [5.74, 6) is 0.0103. The lowest BCUT2D eigenvalue weighted by Gasteiger charge is -2.10. The number of nitrogens with zero attached hydrogens (tertiary/aromatic N) is 3. The van der Waals surface area contributed by atoms with Crippen molar-refractivity contribution < 1.29 is 4.39 Å². The van der Waals surface area contributed by atoms with Gasteiger partial charge in [0.25, 0.3) is 0 Å². The summed E-state index contributed by atoms with van der Waals surface area (Å²) in [5.41, 5.74) is 2.62. The van der Waals surface area contributed by atoms with Gasteiger partial charge in [-0.2, -0.15) is 0 Å². The smallest absolute Gasteiger partial charge is 0.205 e. The summed E-state index contributed by atoms with van der Waals surface area (Å²) in [4.78, 5) is 4.60. The van der Waals surface area contributed by atoms with Crippen molar-refractivity contribution in [2.24, 2.45) is 0 Å². The number of aromatic nitrogens is 3. The molecular weight excluding hydrogens is 287 g/mol. The Balaban J connectivity index is 2.29. The summed E-state index contributed by atoms with van der Waals surface area (Å²) in [5, 5.41) is 13.5. The van der Waals surface area contributed by atoms with Gasteiger partial charge in [-0.3, -0.25) is 4.98 Å². The molecule has 21 heavy (non-hydrogen) atoms. The van der Waals surface area contributed by atoms with Crippen molar-refractivity contribution in [2.45, 2.75) is 19.8 Å². The van der Waals surface area contributed by atoms with E-state index >= 15 is 0 Å². The molecule has 0 bridgehead atoms. The Morgan fingerprint density at radius 2 is 2.00 bits per heavy atom. The first-order valence-electron chi connectivity index (χ1n) is 6.70. The van der Waals surface area contributed by atoms with Gasteiger partial charge in [-0.25, -0.2) is 4.39 Å². The third kappa shape index (κ3) is 2.58. The molecular formula is C15H15FN4S. The third-order valence-electron chi connectivity index (χ3n) is 3.25. The molecule has 0 aliphatic rings. The Kier molecular flexibility index (Phi) is 3.55. The van der Waals surface area contributed by atoms with Gasteiger partial charge in [0.1, 0.15) is 10.8 Å². The van der Waals surface area contributed by atoms with E-state index in [0.29, 0.717) is 0 Å². The van der Waals surface area contributed by atoms with Crippen LogP contribution in [0.1, 0.15) is 25.5 Å². The maximum Gasteiger partial charge on any atom is 0.205 e. The van der Waals surface area contributed by atoms with Crippen molar-refractivity contribution in [2.75, 3.05) is 12.4 Å². The van der Waals surface area contributed by atoms with Gasteiger partial charge in [0.05, 0.1) is 5.52 Å². The van der Waals surface area contributed by atoms with Crippen molar-refractivity contribution in [1.29, 1.82) is 0 Å². The number of pyridine rings is 1. The van der Waals surface area contributed by atoms with Crippen LogP contribution in [-0.2, 0) is 0 Å². The van der Waals surface area contributed by atoms with Gasteiger partial charge in [-0.05, 0) is 30.2 Å². The molecule has 2 aromatic heterocycles. The molecule has 0 atom stereocenters. The molecule has 108 valence electrons. The van der Waals surface area contributed by atoms with Gasteiger partial charge in [0, 0.05) is 23.7 Å². The second-order valence-corrected chi connectivity index (χ2v) is 6.05. The van der Waals surface area contributed by atoms with E-state index in [4.69, 9.17) is 0 Å². The van der Waals surface area contributed by atoms with Crippen molar-refractivity contribution in [3.8, 4) is 10.6 Å². The topological polar surface area (TPSA) is 50.7 Å². The molecule has 0 saturated carbocycles. The Morgan fingerprint density at radius 1 is 1.19 bits per heavy atom. The second kappa shape index (κ2) is 5.37. The zero-order valence-electron chi connectivity index (χ0n) is 12.0. The predicted octanol–water partition coefficient (Wildman–Crippen LogP) is 4.06. The van der Waals surface area contributed by atoms with Gasteiger partial charge in [-0.15, -0.1) is 10.2 Å². The molecule has 0 spiro atoms. The van der Waals surface area contributed by atoms with E-state index in [1.807, 2.05) is 6.07 Å². The van der Waals surface area contributed by atoms with Crippen LogP contribution in [0, 0.1) is 5.82 Å². The number of benzene rings is 1. The van der Waals surface area contributed by atoms with Gasteiger partial charge < -0.3 is 5.32 Å². The normalized spacial score (nSPS) is 11.3. The van der Waals surface area contributed by atoms with Gasteiger partial charge in [-0.1, -0.05) is 25.2 Å². The molecule has 0 amide bonds. The fourth-order valence-electron chi connectivity index (χ4n) is 2.12. The number of fused-ring (bicyclic) bond motifs is 1. The molecule has 0 radical (unpaired) electrons.